The molecule has 0 amide bonds. The lowest BCUT2D eigenvalue weighted by Crippen LogP contribution is -2.04. The molecule has 140 valence electrons. The highest BCUT2D eigenvalue weighted by molar-refractivity contribution is 6.37. The number of nitrogens with zero attached hydrogens (tertiary/aromatic N) is 1. The van der Waals surface area contributed by atoms with Crippen LogP contribution < -0.4 is 10.6 Å². The van der Waals surface area contributed by atoms with E-state index in [9.17, 15) is 0 Å². The van der Waals surface area contributed by atoms with Crippen LogP contribution in [-0.4, -0.2) is 0 Å². The second-order valence-corrected chi connectivity index (χ2v) is 7.21. The van der Waals surface area contributed by atoms with Gasteiger partial charge in [-0.3, -0.25) is 0 Å². The van der Waals surface area contributed by atoms with Crippen molar-refractivity contribution < 1.29 is 0 Å². The molecular formula is C23H19Cl2N3. The van der Waals surface area contributed by atoms with Gasteiger partial charge < -0.3 is 10.6 Å². The van der Waals surface area contributed by atoms with Gasteiger partial charge in [-0.25, -0.2) is 0 Å². The molecule has 5 heteroatoms. The average molecular weight is 408 g/mol. The van der Waals surface area contributed by atoms with E-state index in [4.69, 9.17) is 28.5 Å². The Labute approximate surface area is 175 Å². The van der Waals surface area contributed by atoms with Gasteiger partial charge in [-0.15, -0.1) is 0 Å². The maximum absolute atomic E-state index is 8.88. The maximum atomic E-state index is 8.88. The first-order valence-electron chi connectivity index (χ1n) is 8.72. The van der Waals surface area contributed by atoms with E-state index >= 15 is 0 Å². The summed E-state index contributed by atoms with van der Waals surface area (Å²) in [6.07, 6.45) is 0. The molecule has 3 rings (SSSR count). The van der Waals surface area contributed by atoms with Gasteiger partial charge in [-0.2, -0.15) is 5.26 Å². The van der Waals surface area contributed by atoms with Crippen molar-refractivity contribution in [2.24, 2.45) is 0 Å². The van der Waals surface area contributed by atoms with Crippen molar-refractivity contribution >= 4 is 40.3 Å². The summed E-state index contributed by atoms with van der Waals surface area (Å²) >= 11 is 12.6. The van der Waals surface area contributed by atoms with Gasteiger partial charge in [0.15, 0.2) is 0 Å². The summed E-state index contributed by atoms with van der Waals surface area (Å²) in [5.74, 6) is 0. The first-order valence-corrected chi connectivity index (χ1v) is 9.47. The Morgan fingerprint density at radius 3 is 2.36 bits per heavy atom. The number of aryl methyl sites for hydroxylation is 1. The van der Waals surface area contributed by atoms with E-state index in [-0.39, 0.29) is 0 Å². The fourth-order valence-electron chi connectivity index (χ4n) is 2.79. The van der Waals surface area contributed by atoms with Crippen LogP contribution in [0.3, 0.4) is 0 Å². The molecule has 3 nitrogen and oxygen atoms in total. The highest BCUT2D eigenvalue weighted by atomic mass is 35.5. The summed E-state index contributed by atoms with van der Waals surface area (Å²) in [7, 11) is 0. The second kappa shape index (κ2) is 8.84. The minimum Gasteiger partial charge on any atom is -0.381 e. The number of rotatable bonds is 6. The Kier molecular flexibility index (Phi) is 6.26. The SMILES string of the molecule is C=C(Nc1cc(CNc2ccc(C#N)cc2)ccc1C)c1c(Cl)cccc1Cl. The Bertz CT molecular complexity index is 1030. The smallest absolute Gasteiger partial charge is 0.0991 e. The molecule has 0 saturated carbocycles. The molecule has 0 spiro atoms. The molecule has 0 aliphatic rings. The lowest BCUT2D eigenvalue weighted by molar-refractivity contribution is 1.14. The van der Waals surface area contributed by atoms with E-state index in [1.165, 1.54) is 0 Å². The normalized spacial score (nSPS) is 10.2. The van der Waals surface area contributed by atoms with E-state index in [1.807, 2.05) is 25.1 Å². The minimum absolute atomic E-state index is 0.557. The van der Waals surface area contributed by atoms with Gasteiger partial charge in [-0.1, -0.05) is 48.0 Å². The number of nitrogens with one attached hydrogen (secondary N) is 2. The largest absolute Gasteiger partial charge is 0.381 e. The van der Waals surface area contributed by atoms with Crippen molar-refractivity contribution in [3.05, 3.63) is 99.5 Å². The third-order valence-corrected chi connectivity index (χ3v) is 4.99. The summed E-state index contributed by atoms with van der Waals surface area (Å²) < 4.78 is 0. The van der Waals surface area contributed by atoms with Crippen LogP contribution in [0.1, 0.15) is 22.3 Å². The van der Waals surface area contributed by atoms with Crippen LogP contribution in [0.15, 0.2) is 67.2 Å². The first kappa shape index (κ1) is 19.8. The summed E-state index contributed by atoms with van der Waals surface area (Å²) in [4.78, 5) is 0. The number of hydrogen-bond acceptors (Lipinski definition) is 3. The van der Waals surface area contributed by atoms with Crippen LogP contribution in [0.5, 0.6) is 0 Å². The van der Waals surface area contributed by atoms with E-state index in [1.54, 1.807) is 24.3 Å². The molecule has 0 unspecified atom stereocenters. The van der Waals surface area contributed by atoms with Gasteiger partial charge in [-0.05, 0) is 60.5 Å². The summed E-state index contributed by atoms with van der Waals surface area (Å²) in [5.41, 5.74) is 6.09. The van der Waals surface area contributed by atoms with E-state index in [0.717, 1.165) is 22.5 Å². The zero-order chi connectivity index (χ0) is 20.1. The van der Waals surface area contributed by atoms with Gasteiger partial charge in [0.25, 0.3) is 0 Å². The Balaban J connectivity index is 1.74. The molecule has 0 fully saturated rings. The van der Waals surface area contributed by atoms with Gasteiger partial charge in [0, 0.05) is 29.2 Å². The molecule has 0 aromatic heterocycles. The first-order chi connectivity index (χ1) is 13.5. The van der Waals surface area contributed by atoms with Crippen LogP contribution in [-0.2, 0) is 6.54 Å². The molecule has 0 aliphatic heterocycles. The number of hydrogen-bond donors (Lipinski definition) is 2. The molecule has 0 heterocycles. The summed E-state index contributed by atoms with van der Waals surface area (Å²) in [5, 5.41) is 16.7. The third kappa shape index (κ3) is 4.67. The fourth-order valence-corrected chi connectivity index (χ4v) is 3.42. The molecule has 0 bridgehead atoms. The molecule has 2 N–H and O–H groups in total. The molecule has 28 heavy (non-hydrogen) atoms. The Morgan fingerprint density at radius 1 is 1.04 bits per heavy atom. The van der Waals surface area contributed by atoms with Crippen LogP contribution >= 0.6 is 23.2 Å². The monoisotopic (exact) mass is 407 g/mol. The van der Waals surface area contributed by atoms with E-state index in [0.29, 0.717) is 33.4 Å². The average Bonchev–Trinajstić information content (AvgIpc) is 2.69. The molecule has 0 aliphatic carbocycles. The quantitative estimate of drug-likeness (QED) is 0.468. The van der Waals surface area contributed by atoms with Gasteiger partial charge >= 0.3 is 0 Å². The van der Waals surface area contributed by atoms with E-state index < -0.39 is 0 Å². The second-order valence-electron chi connectivity index (χ2n) is 6.39. The van der Waals surface area contributed by atoms with Crippen molar-refractivity contribution in [1.29, 1.82) is 5.26 Å². The number of halogens is 2. The summed E-state index contributed by atoms with van der Waals surface area (Å²) in [6.45, 7) is 6.78. The molecule has 3 aromatic carbocycles. The van der Waals surface area contributed by atoms with Crippen LogP contribution in [0.25, 0.3) is 5.70 Å². The lowest BCUT2D eigenvalue weighted by Gasteiger charge is -2.16. The number of anilines is 2. The lowest BCUT2D eigenvalue weighted by atomic mass is 10.1. The van der Waals surface area contributed by atoms with Gasteiger partial charge in [0.05, 0.1) is 21.7 Å². The predicted octanol–water partition coefficient (Wildman–Crippen LogP) is 6.87. The molecule has 3 aromatic rings. The molecule has 0 saturated heterocycles. The van der Waals surface area contributed by atoms with Crippen molar-refractivity contribution in [1.82, 2.24) is 0 Å². The predicted molar refractivity (Wildman–Crippen MR) is 119 cm³/mol. The zero-order valence-electron chi connectivity index (χ0n) is 15.4. The van der Waals surface area contributed by atoms with Crippen LogP contribution in [0.4, 0.5) is 11.4 Å². The van der Waals surface area contributed by atoms with E-state index in [2.05, 4.69) is 41.5 Å². The molecule has 0 radical (unpaired) electrons. The fraction of sp³-hybridized carbons (Fsp3) is 0.0870. The molecular weight excluding hydrogens is 389 g/mol. The summed E-state index contributed by atoms with van der Waals surface area (Å²) in [6, 6.07) is 21.1. The topological polar surface area (TPSA) is 47.8 Å². The zero-order valence-corrected chi connectivity index (χ0v) is 16.9. The Hall–Kier alpha value is -2.93. The van der Waals surface area contributed by atoms with Gasteiger partial charge in [0.1, 0.15) is 0 Å². The van der Waals surface area contributed by atoms with Crippen molar-refractivity contribution in [2.75, 3.05) is 10.6 Å². The highest BCUT2D eigenvalue weighted by Gasteiger charge is 2.11. The van der Waals surface area contributed by atoms with Crippen LogP contribution in [0.2, 0.25) is 10.0 Å². The highest BCUT2D eigenvalue weighted by Crippen LogP contribution is 2.31. The van der Waals surface area contributed by atoms with Crippen LogP contribution in [0, 0.1) is 18.3 Å². The standard InChI is InChI=1S/C23H19Cl2N3/c1-15-6-7-18(14-27-19-10-8-17(13-26)9-11-19)12-22(15)28-16(2)23-20(24)4-3-5-21(23)25/h3-12,27-28H,2,14H2,1H3. The minimum atomic E-state index is 0.557. The maximum Gasteiger partial charge on any atom is 0.0991 e. The number of nitriles is 1. The third-order valence-electron chi connectivity index (χ3n) is 4.36. The number of benzene rings is 3. The Morgan fingerprint density at radius 2 is 1.71 bits per heavy atom. The van der Waals surface area contributed by atoms with Crippen molar-refractivity contribution in [2.45, 2.75) is 13.5 Å². The van der Waals surface area contributed by atoms with Crippen molar-refractivity contribution in [3.63, 3.8) is 0 Å². The van der Waals surface area contributed by atoms with Gasteiger partial charge in [0.2, 0.25) is 0 Å². The van der Waals surface area contributed by atoms with Crippen molar-refractivity contribution in [3.8, 4) is 6.07 Å². The molecule has 0 atom stereocenters.